The lowest BCUT2D eigenvalue weighted by atomic mass is 10.3. The second kappa shape index (κ2) is 5.37. The standard InChI is InChI=1S/C11H11N2O2S.BrH/c1-8-7-12(9(2)16-8)10-3-5-11(6-4-10)13(14)15;/h3-7H,1-2H3;1H/q+1;/p-1. The van der Waals surface area contributed by atoms with E-state index in [1.807, 2.05) is 24.6 Å². The van der Waals surface area contributed by atoms with Crippen molar-refractivity contribution in [2.24, 2.45) is 0 Å². The normalized spacial score (nSPS) is 9.76. The van der Waals surface area contributed by atoms with Crippen LogP contribution in [0.3, 0.4) is 0 Å². The molecular formula is C11H11BrN2O2S. The molecule has 0 aliphatic carbocycles. The summed E-state index contributed by atoms with van der Waals surface area (Å²) >= 11 is 1.70. The van der Waals surface area contributed by atoms with Gasteiger partial charge < -0.3 is 17.0 Å². The van der Waals surface area contributed by atoms with Gasteiger partial charge in [0.2, 0.25) is 10.7 Å². The molecule has 0 unspecified atom stereocenters. The molecule has 0 aliphatic rings. The molecule has 1 aromatic heterocycles. The Morgan fingerprint density at radius 1 is 1.24 bits per heavy atom. The fourth-order valence-electron chi connectivity index (χ4n) is 1.57. The maximum absolute atomic E-state index is 10.5. The lowest BCUT2D eigenvalue weighted by molar-refractivity contribution is -0.597. The third-order valence-electron chi connectivity index (χ3n) is 2.30. The van der Waals surface area contributed by atoms with Crippen LogP contribution in [0.1, 0.15) is 9.88 Å². The SMILES string of the molecule is Cc1c[n+](-c2ccc([N+](=O)[O-])cc2)c(C)s1.[Br-]. The summed E-state index contributed by atoms with van der Waals surface area (Å²) in [6, 6.07) is 6.57. The van der Waals surface area contributed by atoms with Crippen molar-refractivity contribution in [3.63, 3.8) is 0 Å². The van der Waals surface area contributed by atoms with E-state index in [0.717, 1.165) is 10.7 Å². The number of aryl methyl sites for hydroxylation is 2. The molecule has 0 atom stereocenters. The molecule has 2 aromatic rings. The van der Waals surface area contributed by atoms with Gasteiger partial charge in [-0.15, -0.1) is 0 Å². The van der Waals surface area contributed by atoms with Gasteiger partial charge in [0, 0.05) is 31.2 Å². The predicted octanol–water partition coefficient (Wildman–Crippen LogP) is -0.446. The zero-order valence-electron chi connectivity index (χ0n) is 9.38. The van der Waals surface area contributed by atoms with E-state index < -0.39 is 0 Å². The highest BCUT2D eigenvalue weighted by molar-refractivity contribution is 7.11. The molecule has 0 amide bonds. The number of nitro benzene ring substituents is 1. The van der Waals surface area contributed by atoms with Gasteiger partial charge in [-0.05, 0) is 6.92 Å². The fraction of sp³-hybridized carbons (Fsp3) is 0.182. The Kier molecular flexibility index (Phi) is 4.36. The molecular weight excluding hydrogens is 304 g/mol. The Labute approximate surface area is 113 Å². The number of rotatable bonds is 2. The molecule has 1 aromatic carbocycles. The lowest BCUT2D eigenvalue weighted by Gasteiger charge is -1.93. The fourth-order valence-corrected chi connectivity index (χ4v) is 2.45. The summed E-state index contributed by atoms with van der Waals surface area (Å²) in [5.74, 6) is 0. The first kappa shape index (κ1) is 13.8. The molecule has 0 saturated carbocycles. The summed E-state index contributed by atoms with van der Waals surface area (Å²) in [4.78, 5) is 11.4. The number of non-ortho nitro benzene ring substituents is 1. The highest BCUT2D eigenvalue weighted by Gasteiger charge is 2.15. The summed E-state index contributed by atoms with van der Waals surface area (Å²) < 4.78 is 2.03. The Hall–Kier alpha value is -1.27. The van der Waals surface area contributed by atoms with Gasteiger partial charge in [0.05, 0.1) is 9.80 Å². The minimum absolute atomic E-state index is 0. The van der Waals surface area contributed by atoms with Gasteiger partial charge in [-0.25, -0.2) is 0 Å². The van der Waals surface area contributed by atoms with Gasteiger partial charge in [-0.2, -0.15) is 4.57 Å². The number of nitrogens with zero attached hydrogens (tertiary/aromatic N) is 2. The van der Waals surface area contributed by atoms with Crippen LogP contribution < -0.4 is 21.5 Å². The van der Waals surface area contributed by atoms with Gasteiger partial charge in [-0.3, -0.25) is 10.1 Å². The molecule has 0 radical (unpaired) electrons. The Bertz CT molecular complexity index is 537. The molecule has 0 spiro atoms. The van der Waals surface area contributed by atoms with E-state index in [1.165, 1.54) is 17.0 Å². The van der Waals surface area contributed by atoms with Gasteiger partial charge >= 0.3 is 0 Å². The van der Waals surface area contributed by atoms with Crippen molar-refractivity contribution in [2.75, 3.05) is 0 Å². The molecule has 0 saturated heterocycles. The number of aromatic nitrogens is 1. The lowest BCUT2D eigenvalue weighted by Crippen LogP contribution is -3.00. The number of halogens is 1. The Balaban J connectivity index is 0.00000144. The highest BCUT2D eigenvalue weighted by atomic mass is 79.9. The first-order valence-electron chi connectivity index (χ1n) is 4.81. The third kappa shape index (κ3) is 2.89. The topological polar surface area (TPSA) is 47.0 Å². The van der Waals surface area contributed by atoms with E-state index in [-0.39, 0.29) is 27.6 Å². The first-order chi connectivity index (χ1) is 7.58. The zero-order valence-corrected chi connectivity index (χ0v) is 11.8. The van der Waals surface area contributed by atoms with Crippen LogP contribution in [0.2, 0.25) is 0 Å². The van der Waals surface area contributed by atoms with Gasteiger partial charge in [-0.1, -0.05) is 11.3 Å². The molecule has 90 valence electrons. The minimum Gasteiger partial charge on any atom is -1.00 e. The van der Waals surface area contributed by atoms with Gasteiger partial charge in [0.1, 0.15) is 0 Å². The number of hydrogen-bond donors (Lipinski definition) is 0. The molecule has 4 nitrogen and oxygen atoms in total. The van der Waals surface area contributed by atoms with E-state index in [2.05, 4.69) is 0 Å². The highest BCUT2D eigenvalue weighted by Crippen LogP contribution is 2.15. The van der Waals surface area contributed by atoms with Crippen LogP contribution >= 0.6 is 11.3 Å². The van der Waals surface area contributed by atoms with Crippen molar-refractivity contribution in [3.05, 3.63) is 50.5 Å². The Morgan fingerprint density at radius 3 is 2.24 bits per heavy atom. The largest absolute Gasteiger partial charge is 1.00 e. The summed E-state index contributed by atoms with van der Waals surface area (Å²) in [6.07, 6.45) is 2.03. The van der Waals surface area contributed by atoms with Crippen molar-refractivity contribution in [2.45, 2.75) is 13.8 Å². The number of benzene rings is 1. The zero-order chi connectivity index (χ0) is 11.7. The van der Waals surface area contributed by atoms with Crippen LogP contribution in [-0.2, 0) is 0 Å². The Morgan fingerprint density at radius 2 is 1.82 bits per heavy atom. The van der Waals surface area contributed by atoms with Crippen molar-refractivity contribution >= 4 is 17.0 Å². The van der Waals surface area contributed by atoms with Gasteiger partial charge in [0.15, 0.2) is 6.20 Å². The second-order valence-corrected chi connectivity index (χ2v) is 4.94. The summed E-state index contributed by atoms with van der Waals surface area (Å²) in [6.45, 7) is 4.07. The van der Waals surface area contributed by atoms with Crippen LogP contribution in [0.4, 0.5) is 5.69 Å². The van der Waals surface area contributed by atoms with E-state index >= 15 is 0 Å². The van der Waals surface area contributed by atoms with E-state index in [1.54, 1.807) is 23.5 Å². The van der Waals surface area contributed by atoms with E-state index in [9.17, 15) is 10.1 Å². The van der Waals surface area contributed by atoms with Crippen LogP contribution in [0.15, 0.2) is 30.5 Å². The smallest absolute Gasteiger partial charge is 0.269 e. The number of thiazole rings is 1. The average molecular weight is 315 g/mol. The third-order valence-corrected chi connectivity index (χ3v) is 3.22. The van der Waals surface area contributed by atoms with Gasteiger partial charge in [0.25, 0.3) is 5.69 Å². The predicted molar refractivity (Wildman–Crippen MR) is 62.0 cm³/mol. The molecule has 0 N–H and O–H groups in total. The number of nitro groups is 1. The van der Waals surface area contributed by atoms with Crippen molar-refractivity contribution in [3.8, 4) is 5.69 Å². The summed E-state index contributed by atoms with van der Waals surface area (Å²) in [5.41, 5.74) is 1.07. The van der Waals surface area contributed by atoms with Crippen molar-refractivity contribution < 1.29 is 26.5 Å². The quantitative estimate of drug-likeness (QED) is 0.428. The molecule has 17 heavy (non-hydrogen) atoms. The maximum Gasteiger partial charge on any atom is 0.269 e. The molecule has 6 heteroatoms. The maximum atomic E-state index is 10.5. The van der Waals surface area contributed by atoms with E-state index in [4.69, 9.17) is 0 Å². The molecule has 1 heterocycles. The van der Waals surface area contributed by atoms with Crippen LogP contribution in [0.5, 0.6) is 0 Å². The first-order valence-corrected chi connectivity index (χ1v) is 5.63. The molecule has 0 fully saturated rings. The minimum atomic E-state index is -0.389. The summed E-state index contributed by atoms with van der Waals surface area (Å²) in [7, 11) is 0. The average Bonchev–Trinajstić information content (AvgIpc) is 2.58. The number of hydrogen-bond acceptors (Lipinski definition) is 3. The molecule has 0 aliphatic heterocycles. The van der Waals surface area contributed by atoms with Crippen molar-refractivity contribution in [1.82, 2.24) is 0 Å². The monoisotopic (exact) mass is 314 g/mol. The molecule has 2 rings (SSSR count). The summed E-state index contributed by atoms with van der Waals surface area (Å²) in [5, 5.41) is 11.7. The van der Waals surface area contributed by atoms with Crippen LogP contribution in [0, 0.1) is 24.0 Å². The molecule has 0 bridgehead atoms. The second-order valence-electron chi connectivity index (χ2n) is 3.50. The van der Waals surface area contributed by atoms with E-state index in [0.29, 0.717) is 0 Å². The van der Waals surface area contributed by atoms with Crippen molar-refractivity contribution in [1.29, 1.82) is 0 Å². The van der Waals surface area contributed by atoms with Crippen LogP contribution in [0.25, 0.3) is 5.69 Å². The van der Waals surface area contributed by atoms with Crippen LogP contribution in [-0.4, -0.2) is 4.92 Å².